The minimum atomic E-state index is -0.635. The predicted molar refractivity (Wildman–Crippen MR) is 487 cm³/mol. The van der Waals surface area contributed by atoms with Gasteiger partial charge in [-0.2, -0.15) is 0 Å². The van der Waals surface area contributed by atoms with E-state index in [1.165, 1.54) is 45.7 Å². The molecule has 0 bridgehead atoms. The van der Waals surface area contributed by atoms with Gasteiger partial charge in [-0.15, -0.1) is 11.8 Å². The number of carbonyl (C=O) groups is 9. The van der Waals surface area contributed by atoms with Gasteiger partial charge in [-0.25, -0.2) is 38.4 Å². The van der Waals surface area contributed by atoms with Gasteiger partial charge in [-0.05, 0) is 251 Å². The van der Waals surface area contributed by atoms with Crippen LogP contribution >= 0.6 is 11.8 Å². The number of anilines is 1. The molecular formula is C94H131N9O18S. The van der Waals surface area contributed by atoms with Crippen LogP contribution in [0.25, 0.3) is 0 Å². The van der Waals surface area contributed by atoms with Crippen molar-refractivity contribution in [2.75, 3.05) is 81.6 Å². The molecule has 0 radical (unpaired) electrons. The monoisotopic (exact) mass is 1710 g/mol. The quantitative estimate of drug-likeness (QED) is 0.0370. The van der Waals surface area contributed by atoms with Crippen molar-refractivity contribution in [3.8, 4) is 51.7 Å². The predicted octanol–water partition coefficient (Wildman–Crippen LogP) is 20.9. The molecule has 0 heterocycles. The van der Waals surface area contributed by atoms with Gasteiger partial charge in [-0.1, -0.05) is 135 Å². The third-order valence-electron chi connectivity index (χ3n) is 17.0. The molecule has 8 rings (SSSR count). The number of para-hydroxylation sites is 4. The number of thioether (sulfide) groups is 1. The van der Waals surface area contributed by atoms with Crippen LogP contribution in [0, 0.1) is 48.5 Å². The van der Waals surface area contributed by atoms with Crippen LogP contribution in [0.4, 0.5) is 44.0 Å². The summed E-state index contributed by atoms with van der Waals surface area (Å²) >= 11 is 1.70. The zero-order valence-electron chi connectivity index (χ0n) is 76.7. The lowest BCUT2D eigenvalue weighted by molar-refractivity contribution is -0.127. The van der Waals surface area contributed by atoms with Crippen LogP contribution in [0.5, 0.6) is 51.7 Å². The number of nitrogens with one attached hydrogen (secondary N) is 7. The zero-order valence-corrected chi connectivity index (χ0v) is 77.5. The number of aryl methyl sites for hydroxylation is 7. The first-order chi connectivity index (χ1) is 57.6. The number of hydrogen-bond acceptors (Lipinski definition) is 20. The molecule has 8 aromatic rings. The van der Waals surface area contributed by atoms with Crippen LogP contribution in [0.1, 0.15) is 180 Å². The summed E-state index contributed by atoms with van der Waals surface area (Å²) in [7, 11) is 16.2. The molecule has 0 aliphatic rings. The average molecular weight is 1710 g/mol. The molecule has 1 atom stereocenters. The fourth-order valence-electron chi connectivity index (χ4n) is 10.9. The summed E-state index contributed by atoms with van der Waals surface area (Å²) in [5.41, 5.74) is 13.2. The molecule has 0 saturated heterocycles. The Morgan fingerprint density at radius 3 is 1.07 bits per heavy atom. The molecule has 8 aromatic carbocycles. The van der Waals surface area contributed by atoms with Gasteiger partial charge >= 0.3 is 48.7 Å². The Kier molecular flexibility index (Phi) is 50.8. The second kappa shape index (κ2) is 57.7. The molecule has 122 heavy (non-hydrogen) atoms. The molecule has 0 aliphatic carbocycles. The van der Waals surface area contributed by atoms with Crippen LogP contribution in [-0.2, 0) is 4.79 Å². The van der Waals surface area contributed by atoms with E-state index in [1.54, 1.807) is 75.4 Å². The molecule has 9 amide bonds. The Labute approximate surface area is 727 Å². The van der Waals surface area contributed by atoms with Gasteiger partial charge in [0.1, 0.15) is 40.2 Å². The summed E-state index contributed by atoms with van der Waals surface area (Å²) in [5.74, 6) is 6.35. The maximum Gasteiger partial charge on any atom is 0.421 e. The van der Waals surface area contributed by atoms with E-state index >= 15 is 0 Å². The molecule has 27 nitrogen and oxygen atoms in total. The van der Waals surface area contributed by atoms with Crippen LogP contribution in [0.3, 0.4) is 0 Å². The zero-order chi connectivity index (χ0) is 92.5. The highest BCUT2D eigenvalue weighted by atomic mass is 32.2. The molecule has 666 valence electrons. The highest BCUT2D eigenvalue weighted by Crippen LogP contribution is 2.33. The second-order valence-corrected chi connectivity index (χ2v) is 29.7. The van der Waals surface area contributed by atoms with E-state index in [9.17, 15) is 43.2 Å². The number of rotatable bonds is 19. The lowest BCUT2D eigenvalue weighted by Gasteiger charge is -2.19. The van der Waals surface area contributed by atoms with E-state index in [4.69, 9.17) is 42.6 Å². The molecule has 0 saturated carbocycles. The van der Waals surface area contributed by atoms with E-state index in [1.807, 2.05) is 198 Å². The Balaban J connectivity index is 0.000000699. The molecule has 0 fully saturated rings. The van der Waals surface area contributed by atoms with E-state index < -0.39 is 48.7 Å². The van der Waals surface area contributed by atoms with Gasteiger partial charge in [0, 0.05) is 87.5 Å². The lowest BCUT2D eigenvalue weighted by atomic mass is 9.98. The third-order valence-corrected chi connectivity index (χ3v) is 18.1. The van der Waals surface area contributed by atoms with Crippen molar-refractivity contribution in [2.24, 2.45) is 0 Å². The first kappa shape index (κ1) is 108. The molecule has 0 aliphatic heterocycles. The van der Waals surface area contributed by atoms with Crippen LogP contribution < -0.4 is 84.7 Å². The maximum atomic E-state index is 11.9. The Morgan fingerprint density at radius 2 is 0.705 bits per heavy atom. The van der Waals surface area contributed by atoms with Gasteiger partial charge in [0.25, 0.3) is 0 Å². The summed E-state index contributed by atoms with van der Waals surface area (Å²) in [4.78, 5) is 105. The minimum absolute atomic E-state index is 0.0411. The van der Waals surface area contributed by atoms with Crippen molar-refractivity contribution >= 4 is 72.1 Å². The Morgan fingerprint density at radius 1 is 0.361 bits per heavy atom. The summed E-state index contributed by atoms with van der Waals surface area (Å²) in [6.07, 6.45) is 0.387. The average Bonchev–Trinajstić information content (AvgIpc) is 0.831. The summed E-state index contributed by atoms with van der Waals surface area (Å²) < 4.78 is 46.2. The standard InChI is InChI=1S/C16H23NO3.C12H18N2O2.2C12H17NO2.C11H15NO3.C11H15NO2S.C11H15NO2.C9H11NO2/c1-6-7-15(18)17(5)16(19)20-14-9-12(4)8-13(10-14)11(2)3;1-8-6-10(16-12(15)13-3)7-9(2)11(8)14(4)5;1-8(2)10-5-9(3)6-11(7-10)15-12(14)13-4;1-4-9(2)10-7-5-6-8-11(10)15-12(14)13-3;1-8(2)14-9-6-4-5-7-10(9)15-11(13)12-3;1-7-5-9(14-11(13)12-3)6-8(2)10(7)15-4;1-8(2)9-6-4-5-7-10(9)14-11(13)12-3;1-7-4-3-5-8(6-7)12-9(11)10-2/h8-11H,6-7H2,1-5H3;6-7H,1-5H3,(H,13,15);5-8H,1-4H3,(H,13,14);5-9H,4H2,1-3H3,(H,13,14);4-8H,1-3H3,(H,12,13);5-6H,1-4H3,(H,12,13);4-8H,1-3H3,(H,12,13);3-6H,1-2H3,(H,10,11). The number of ether oxygens (including phenoxy) is 9. The maximum absolute atomic E-state index is 11.9. The van der Waals surface area contributed by atoms with Gasteiger partial charge in [-0.3, -0.25) is 9.69 Å². The van der Waals surface area contributed by atoms with Crippen LogP contribution in [0.2, 0.25) is 0 Å². The SMILES string of the molecule is CCC(C)c1ccccc1OC(=O)NC.CCCC(=O)N(C)C(=O)Oc1cc(C)cc(C(C)C)c1.CNC(=O)Oc1cc(C)c(N(C)C)c(C)c1.CNC(=O)Oc1cc(C)c(SC)c(C)c1.CNC(=O)Oc1cc(C)cc(C(C)C)c1.CNC(=O)Oc1cccc(C)c1.CNC(=O)Oc1ccccc1C(C)C.CNC(=O)Oc1ccccc1OC(C)C. The second-order valence-electron chi connectivity index (χ2n) is 28.9. The summed E-state index contributed by atoms with van der Waals surface area (Å²) in [6, 6.07) is 48.6. The molecule has 0 aromatic heterocycles. The normalized spacial score (nSPS) is 10.2. The van der Waals surface area contributed by atoms with Crippen molar-refractivity contribution in [2.45, 2.75) is 179 Å². The largest absolute Gasteiger partial charge is 0.487 e. The topological polar surface area (TPSA) is 327 Å². The fourth-order valence-corrected chi connectivity index (χ4v) is 11.6. The molecule has 28 heteroatoms. The minimum Gasteiger partial charge on any atom is -0.487 e. The third kappa shape index (κ3) is 41.5. The molecule has 7 N–H and O–H groups in total. The fraction of sp³-hybridized carbons (Fsp3) is 0.394. The van der Waals surface area contributed by atoms with Gasteiger partial charge in [0.15, 0.2) is 11.5 Å². The first-order valence-corrected chi connectivity index (χ1v) is 41.2. The molecule has 1 unspecified atom stereocenters. The molecule has 0 spiro atoms. The first-order valence-electron chi connectivity index (χ1n) is 40.0. The van der Waals surface area contributed by atoms with Crippen LogP contribution in [0.15, 0.2) is 163 Å². The number of imide groups is 1. The Hall–Kier alpha value is -12.5. The van der Waals surface area contributed by atoms with E-state index in [0.717, 1.165) is 72.6 Å². The van der Waals surface area contributed by atoms with Crippen molar-refractivity contribution in [3.63, 3.8) is 0 Å². The highest BCUT2D eigenvalue weighted by Gasteiger charge is 2.20. The van der Waals surface area contributed by atoms with Gasteiger partial charge in [0.2, 0.25) is 5.91 Å². The van der Waals surface area contributed by atoms with Gasteiger partial charge < -0.3 is 84.7 Å². The number of nitrogens with zero attached hydrogens (tertiary/aromatic N) is 2. The van der Waals surface area contributed by atoms with Gasteiger partial charge in [0.05, 0.1) is 6.10 Å². The smallest absolute Gasteiger partial charge is 0.421 e. The van der Waals surface area contributed by atoms with Crippen LogP contribution in [-0.4, -0.2) is 142 Å². The van der Waals surface area contributed by atoms with E-state index in [0.29, 0.717) is 88.3 Å². The number of amides is 9. The highest BCUT2D eigenvalue weighted by molar-refractivity contribution is 7.98. The summed E-state index contributed by atoms with van der Waals surface area (Å²) in [6.45, 7) is 36.4. The number of benzene rings is 8. The molecular weight excluding hydrogens is 1580 g/mol. The summed E-state index contributed by atoms with van der Waals surface area (Å²) in [5, 5.41) is 16.9. The van der Waals surface area contributed by atoms with Crippen molar-refractivity contribution in [3.05, 3.63) is 219 Å². The number of carbonyl (C=O) groups excluding carboxylic acids is 9. The van der Waals surface area contributed by atoms with E-state index in [-0.39, 0.29) is 12.0 Å². The Bertz CT molecular complexity index is 4580. The van der Waals surface area contributed by atoms with Crippen molar-refractivity contribution in [1.82, 2.24) is 42.1 Å². The van der Waals surface area contributed by atoms with E-state index in [2.05, 4.69) is 105 Å². The van der Waals surface area contributed by atoms with Crippen molar-refractivity contribution < 1.29 is 85.8 Å². The lowest BCUT2D eigenvalue weighted by Crippen LogP contribution is -2.35. The van der Waals surface area contributed by atoms with Crippen molar-refractivity contribution in [1.29, 1.82) is 0 Å². The number of hydrogen-bond donors (Lipinski definition) is 7.